The summed E-state index contributed by atoms with van der Waals surface area (Å²) >= 11 is 0. The van der Waals surface area contributed by atoms with Gasteiger partial charge in [0.1, 0.15) is 12.4 Å². The summed E-state index contributed by atoms with van der Waals surface area (Å²) in [6.45, 7) is 6.23. The lowest BCUT2D eigenvalue weighted by Gasteiger charge is -2.30. The highest BCUT2D eigenvalue weighted by Gasteiger charge is 2.25. The molecule has 2 aliphatic rings. The smallest absolute Gasteiger partial charge is 0.237 e. The molecule has 1 N–H and O–H groups in total. The van der Waals surface area contributed by atoms with Crippen LogP contribution >= 0.6 is 0 Å². The van der Waals surface area contributed by atoms with Gasteiger partial charge in [-0.1, -0.05) is 25.1 Å². The number of aliphatic hydroxyl groups is 1. The monoisotopic (exact) mass is 370 g/mol. The van der Waals surface area contributed by atoms with Crippen LogP contribution in [0.15, 0.2) is 30.3 Å². The molecule has 1 amide bonds. The van der Waals surface area contributed by atoms with Gasteiger partial charge in [0.15, 0.2) is 0 Å². The number of fused-ring (bicyclic) bond motifs is 2. The molecule has 144 valence electrons. The van der Waals surface area contributed by atoms with Crippen LogP contribution in [-0.2, 0) is 24.4 Å². The van der Waals surface area contributed by atoms with E-state index in [1.54, 1.807) is 0 Å². The molecule has 2 aromatic rings. The summed E-state index contributed by atoms with van der Waals surface area (Å²) in [7, 11) is 0. The number of ether oxygens (including phenoxy) is 1. The van der Waals surface area contributed by atoms with Gasteiger partial charge in [-0.25, -0.2) is 0 Å². The first-order chi connectivity index (χ1) is 13.1. The highest BCUT2D eigenvalue weighted by molar-refractivity contribution is 5.78. The van der Waals surface area contributed by atoms with Crippen molar-refractivity contribution in [3.05, 3.63) is 47.3 Å². The zero-order valence-electron chi connectivity index (χ0n) is 15.7. The maximum Gasteiger partial charge on any atom is 0.237 e. The second-order valence-electron chi connectivity index (χ2n) is 7.19. The standard InChI is InChI=1S/C20H26N4O3/c1-2-18(25)17-11-16-13-23(7-8-24(16)21-17)20(26)14-22-9-10-27-19-6-4-3-5-15(19)12-22/h3-6,11,18,25H,2,7-10,12-14H2,1H3/t18-/m1/s1. The van der Waals surface area contributed by atoms with E-state index in [2.05, 4.69) is 16.1 Å². The minimum atomic E-state index is -0.538. The molecule has 1 aromatic carbocycles. The summed E-state index contributed by atoms with van der Waals surface area (Å²) in [5, 5.41) is 14.5. The topological polar surface area (TPSA) is 70.8 Å². The van der Waals surface area contributed by atoms with Gasteiger partial charge in [-0.05, 0) is 18.6 Å². The molecule has 7 nitrogen and oxygen atoms in total. The van der Waals surface area contributed by atoms with Gasteiger partial charge >= 0.3 is 0 Å². The fourth-order valence-electron chi connectivity index (χ4n) is 3.68. The summed E-state index contributed by atoms with van der Waals surface area (Å²) in [6, 6.07) is 9.93. The van der Waals surface area contributed by atoms with Crippen molar-refractivity contribution in [1.29, 1.82) is 0 Å². The third kappa shape index (κ3) is 3.84. The quantitative estimate of drug-likeness (QED) is 0.885. The summed E-state index contributed by atoms with van der Waals surface area (Å²) in [5.41, 5.74) is 2.81. The first-order valence-corrected chi connectivity index (χ1v) is 9.59. The van der Waals surface area contributed by atoms with Crippen LogP contribution < -0.4 is 4.74 Å². The molecule has 0 fully saturated rings. The number of aromatic nitrogens is 2. The molecule has 0 spiro atoms. The van der Waals surface area contributed by atoms with Crippen molar-refractivity contribution in [2.24, 2.45) is 0 Å². The highest BCUT2D eigenvalue weighted by Crippen LogP contribution is 2.23. The number of benzene rings is 1. The van der Waals surface area contributed by atoms with Gasteiger partial charge < -0.3 is 14.7 Å². The second-order valence-corrected chi connectivity index (χ2v) is 7.19. The number of hydrogen-bond acceptors (Lipinski definition) is 5. The van der Waals surface area contributed by atoms with Crippen LogP contribution in [-0.4, -0.2) is 56.8 Å². The number of hydrogen-bond donors (Lipinski definition) is 1. The molecule has 0 saturated heterocycles. The van der Waals surface area contributed by atoms with Crippen LogP contribution in [0, 0.1) is 0 Å². The van der Waals surface area contributed by atoms with Crippen LogP contribution in [0.4, 0.5) is 0 Å². The predicted molar refractivity (Wildman–Crippen MR) is 100 cm³/mol. The lowest BCUT2D eigenvalue weighted by Crippen LogP contribution is -2.44. The van der Waals surface area contributed by atoms with Gasteiger partial charge in [0.2, 0.25) is 5.91 Å². The Morgan fingerprint density at radius 3 is 2.96 bits per heavy atom. The molecule has 4 rings (SSSR count). The molecular formula is C20H26N4O3. The van der Waals surface area contributed by atoms with Crippen LogP contribution in [0.5, 0.6) is 5.75 Å². The number of rotatable bonds is 4. The Labute approximate surface area is 159 Å². The number of para-hydroxylation sites is 1. The number of carbonyl (C=O) groups excluding carboxylic acids is 1. The molecule has 7 heteroatoms. The van der Waals surface area contributed by atoms with E-state index < -0.39 is 6.10 Å². The molecule has 0 bridgehead atoms. The van der Waals surface area contributed by atoms with E-state index in [0.717, 1.165) is 30.1 Å². The Balaban J connectivity index is 1.40. The molecule has 1 aromatic heterocycles. The molecule has 2 aliphatic heterocycles. The first kappa shape index (κ1) is 18.0. The lowest BCUT2D eigenvalue weighted by atomic mass is 10.2. The first-order valence-electron chi connectivity index (χ1n) is 9.59. The van der Waals surface area contributed by atoms with E-state index in [0.29, 0.717) is 44.9 Å². The summed E-state index contributed by atoms with van der Waals surface area (Å²) < 4.78 is 7.70. The zero-order chi connectivity index (χ0) is 18.8. The third-order valence-corrected chi connectivity index (χ3v) is 5.29. The van der Waals surface area contributed by atoms with Gasteiger partial charge in [0, 0.05) is 25.2 Å². The summed E-state index contributed by atoms with van der Waals surface area (Å²) in [4.78, 5) is 16.9. The molecular weight excluding hydrogens is 344 g/mol. The minimum absolute atomic E-state index is 0.124. The van der Waals surface area contributed by atoms with Crippen molar-refractivity contribution in [3.63, 3.8) is 0 Å². The Morgan fingerprint density at radius 2 is 2.11 bits per heavy atom. The van der Waals surface area contributed by atoms with E-state index >= 15 is 0 Å². The Hall–Kier alpha value is -2.38. The van der Waals surface area contributed by atoms with Gasteiger partial charge in [0.25, 0.3) is 0 Å². The van der Waals surface area contributed by atoms with Crippen molar-refractivity contribution >= 4 is 5.91 Å². The molecule has 0 unspecified atom stereocenters. The zero-order valence-corrected chi connectivity index (χ0v) is 15.7. The second kappa shape index (κ2) is 7.70. The Morgan fingerprint density at radius 1 is 1.26 bits per heavy atom. The van der Waals surface area contributed by atoms with E-state index in [4.69, 9.17) is 4.74 Å². The number of nitrogens with zero attached hydrogens (tertiary/aromatic N) is 4. The van der Waals surface area contributed by atoms with Gasteiger partial charge in [-0.3, -0.25) is 14.4 Å². The number of carbonyl (C=O) groups is 1. The normalized spacial score (nSPS) is 18.2. The van der Waals surface area contributed by atoms with Crippen LogP contribution in [0.1, 0.15) is 36.4 Å². The largest absolute Gasteiger partial charge is 0.492 e. The van der Waals surface area contributed by atoms with Gasteiger partial charge in [-0.15, -0.1) is 0 Å². The van der Waals surface area contributed by atoms with Gasteiger partial charge in [-0.2, -0.15) is 5.10 Å². The van der Waals surface area contributed by atoms with Crippen LogP contribution in [0.25, 0.3) is 0 Å². The van der Waals surface area contributed by atoms with E-state index in [9.17, 15) is 9.90 Å². The van der Waals surface area contributed by atoms with E-state index in [1.807, 2.05) is 40.8 Å². The number of aliphatic hydroxyl groups excluding tert-OH is 1. The Bertz CT molecular complexity index is 819. The lowest BCUT2D eigenvalue weighted by molar-refractivity contribution is -0.134. The van der Waals surface area contributed by atoms with Crippen molar-refractivity contribution in [3.8, 4) is 5.75 Å². The van der Waals surface area contributed by atoms with E-state index in [-0.39, 0.29) is 5.91 Å². The molecule has 1 atom stereocenters. The minimum Gasteiger partial charge on any atom is -0.492 e. The average Bonchev–Trinajstić information content (AvgIpc) is 3.01. The van der Waals surface area contributed by atoms with Crippen LogP contribution in [0.3, 0.4) is 0 Å². The fourth-order valence-corrected chi connectivity index (χ4v) is 3.68. The Kier molecular flexibility index (Phi) is 5.13. The van der Waals surface area contributed by atoms with Crippen molar-refractivity contribution in [1.82, 2.24) is 19.6 Å². The average molecular weight is 370 g/mol. The maximum atomic E-state index is 12.9. The summed E-state index contributed by atoms with van der Waals surface area (Å²) in [5.74, 6) is 1.04. The maximum absolute atomic E-state index is 12.9. The fraction of sp³-hybridized carbons (Fsp3) is 0.500. The molecule has 0 radical (unpaired) electrons. The van der Waals surface area contributed by atoms with Crippen LogP contribution in [0.2, 0.25) is 0 Å². The predicted octanol–water partition coefficient (Wildman–Crippen LogP) is 1.56. The highest BCUT2D eigenvalue weighted by atomic mass is 16.5. The van der Waals surface area contributed by atoms with Crippen molar-refractivity contribution < 1.29 is 14.6 Å². The van der Waals surface area contributed by atoms with Crippen molar-refractivity contribution in [2.45, 2.75) is 39.1 Å². The number of amides is 1. The molecule has 27 heavy (non-hydrogen) atoms. The van der Waals surface area contributed by atoms with Gasteiger partial charge in [0.05, 0.1) is 37.1 Å². The SMILES string of the molecule is CC[C@@H](O)c1cc2n(n1)CCN(C(=O)CN1CCOc3ccccc3C1)C2. The molecule has 0 saturated carbocycles. The van der Waals surface area contributed by atoms with E-state index in [1.165, 1.54) is 0 Å². The summed E-state index contributed by atoms with van der Waals surface area (Å²) in [6.07, 6.45) is 0.0989. The third-order valence-electron chi connectivity index (χ3n) is 5.29. The van der Waals surface area contributed by atoms with Crippen molar-refractivity contribution in [2.75, 3.05) is 26.2 Å². The molecule has 3 heterocycles. The molecule has 0 aliphatic carbocycles.